The van der Waals surface area contributed by atoms with E-state index in [1.165, 1.54) is 10.5 Å². The number of H-pyrrole nitrogens is 1. The van der Waals surface area contributed by atoms with Crippen LogP contribution < -0.4 is 5.73 Å². The molecule has 3 N–H and O–H groups in total. The largest absolute Gasteiger partial charge is 0.332 e. The van der Waals surface area contributed by atoms with E-state index >= 15 is 0 Å². The van der Waals surface area contributed by atoms with Gasteiger partial charge in [-0.3, -0.25) is 0 Å². The standard InChI is InChI=1S/C9H16N4O2S/c1-2-8-11-4-9(12-8)16(14,15)13-5-7(3-10)6-13/h4,7H,2-3,5-6,10H2,1H3,(H,11,12). The van der Waals surface area contributed by atoms with Gasteiger partial charge in [0.2, 0.25) is 0 Å². The Bertz CT molecular complexity index is 462. The first kappa shape index (κ1) is 11.6. The van der Waals surface area contributed by atoms with Crippen molar-refractivity contribution < 1.29 is 8.42 Å². The number of aryl methyl sites for hydroxylation is 1. The molecule has 1 aliphatic heterocycles. The van der Waals surface area contributed by atoms with Crippen molar-refractivity contribution in [1.29, 1.82) is 0 Å². The Kier molecular flexibility index (Phi) is 3.00. The van der Waals surface area contributed by atoms with E-state index in [0.29, 0.717) is 37.8 Å². The van der Waals surface area contributed by atoms with Crippen LogP contribution in [0.15, 0.2) is 11.2 Å². The summed E-state index contributed by atoms with van der Waals surface area (Å²) >= 11 is 0. The highest BCUT2D eigenvalue weighted by atomic mass is 32.2. The first-order chi connectivity index (χ1) is 7.57. The molecule has 0 saturated carbocycles. The van der Waals surface area contributed by atoms with Gasteiger partial charge in [0.05, 0.1) is 6.20 Å². The Morgan fingerprint density at radius 2 is 2.31 bits per heavy atom. The highest BCUT2D eigenvalue weighted by Crippen LogP contribution is 2.23. The zero-order valence-electron chi connectivity index (χ0n) is 9.18. The van der Waals surface area contributed by atoms with Gasteiger partial charge in [0.15, 0.2) is 5.03 Å². The van der Waals surface area contributed by atoms with Crippen LogP contribution in [0.25, 0.3) is 0 Å². The van der Waals surface area contributed by atoms with Crippen molar-refractivity contribution in [3.63, 3.8) is 0 Å². The quantitative estimate of drug-likeness (QED) is 0.750. The molecule has 0 aliphatic carbocycles. The molecule has 0 bridgehead atoms. The van der Waals surface area contributed by atoms with Crippen molar-refractivity contribution >= 4 is 10.0 Å². The summed E-state index contributed by atoms with van der Waals surface area (Å²) in [5.41, 5.74) is 5.46. The second-order valence-electron chi connectivity index (χ2n) is 3.97. The predicted octanol–water partition coefficient (Wildman–Crippen LogP) is -0.449. The molecule has 90 valence electrons. The average molecular weight is 244 g/mol. The van der Waals surface area contributed by atoms with Crippen LogP contribution in [-0.2, 0) is 16.4 Å². The zero-order chi connectivity index (χ0) is 11.8. The topological polar surface area (TPSA) is 92.1 Å². The molecule has 0 radical (unpaired) electrons. The lowest BCUT2D eigenvalue weighted by Gasteiger charge is -2.36. The maximum atomic E-state index is 12.0. The van der Waals surface area contributed by atoms with E-state index in [1.807, 2.05) is 6.92 Å². The minimum atomic E-state index is -3.37. The number of imidazole rings is 1. The summed E-state index contributed by atoms with van der Waals surface area (Å²) in [6, 6.07) is 0. The van der Waals surface area contributed by atoms with Gasteiger partial charge >= 0.3 is 0 Å². The van der Waals surface area contributed by atoms with Crippen LogP contribution in [0, 0.1) is 5.92 Å². The van der Waals surface area contributed by atoms with E-state index in [2.05, 4.69) is 9.97 Å². The second-order valence-corrected chi connectivity index (χ2v) is 5.88. The molecule has 1 aromatic rings. The van der Waals surface area contributed by atoms with Gasteiger partial charge in [-0.05, 0) is 12.5 Å². The number of nitrogens with one attached hydrogen (secondary N) is 1. The van der Waals surface area contributed by atoms with E-state index in [1.54, 1.807) is 0 Å². The normalized spacial score (nSPS) is 18.6. The van der Waals surface area contributed by atoms with Crippen LogP contribution in [0.2, 0.25) is 0 Å². The van der Waals surface area contributed by atoms with Crippen molar-refractivity contribution in [3.8, 4) is 0 Å². The molecule has 0 spiro atoms. The van der Waals surface area contributed by atoms with Crippen LogP contribution in [0.4, 0.5) is 0 Å². The first-order valence-corrected chi connectivity index (χ1v) is 6.76. The van der Waals surface area contributed by atoms with Gasteiger partial charge in [-0.15, -0.1) is 0 Å². The second kappa shape index (κ2) is 4.15. The third-order valence-corrected chi connectivity index (χ3v) is 4.56. The fourth-order valence-electron chi connectivity index (χ4n) is 1.66. The third-order valence-electron chi connectivity index (χ3n) is 2.81. The first-order valence-electron chi connectivity index (χ1n) is 5.32. The molecule has 1 aliphatic rings. The number of aromatic amines is 1. The van der Waals surface area contributed by atoms with E-state index in [9.17, 15) is 8.42 Å². The number of sulfonamides is 1. The molecule has 0 aromatic carbocycles. The average Bonchev–Trinajstić information content (AvgIpc) is 2.64. The van der Waals surface area contributed by atoms with Crippen LogP contribution in [0.5, 0.6) is 0 Å². The summed E-state index contributed by atoms with van der Waals surface area (Å²) in [7, 11) is -3.37. The summed E-state index contributed by atoms with van der Waals surface area (Å²) in [6.45, 7) is 3.48. The molecule has 0 unspecified atom stereocenters. The van der Waals surface area contributed by atoms with Gasteiger partial charge in [0.1, 0.15) is 5.82 Å². The van der Waals surface area contributed by atoms with Crippen molar-refractivity contribution in [2.24, 2.45) is 11.7 Å². The number of aromatic nitrogens is 2. The molecule has 16 heavy (non-hydrogen) atoms. The molecule has 7 heteroatoms. The summed E-state index contributed by atoms with van der Waals surface area (Å²) in [4.78, 5) is 6.81. The number of hydrogen-bond acceptors (Lipinski definition) is 4. The van der Waals surface area contributed by atoms with Gasteiger partial charge in [0.25, 0.3) is 10.0 Å². The lowest BCUT2D eigenvalue weighted by atomic mass is 10.0. The van der Waals surface area contributed by atoms with Crippen LogP contribution in [0.1, 0.15) is 12.7 Å². The van der Waals surface area contributed by atoms with Crippen molar-refractivity contribution in [2.45, 2.75) is 18.4 Å². The van der Waals surface area contributed by atoms with Gasteiger partial charge in [-0.2, -0.15) is 4.31 Å². The van der Waals surface area contributed by atoms with Crippen molar-refractivity contribution in [1.82, 2.24) is 14.3 Å². The van der Waals surface area contributed by atoms with Gasteiger partial charge in [-0.1, -0.05) is 6.92 Å². The number of nitrogens with two attached hydrogens (primary N) is 1. The molecule has 0 atom stereocenters. The van der Waals surface area contributed by atoms with Gasteiger partial charge < -0.3 is 10.7 Å². The zero-order valence-corrected chi connectivity index (χ0v) is 10.00. The Morgan fingerprint density at radius 1 is 1.62 bits per heavy atom. The molecule has 2 rings (SSSR count). The molecular formula is C9H16N4O2S. The highest BCUT2D eigenvalue weighted by molar-refractivity contribution is 7.89. The maximum Gasteiger partial charge on any atom is 0.260 e. The van der Waals surface area contributed by atoms with E-state index in [-0.39, 0.29) is 5.03 Å². The highest BCUT2D eigenvalue weighted by Gasteiger charge is 2.36. The number of nitrogens with zero attached hydrogens (tertiary/aromatic N) is 2. The Labute approximate surface area is 94.9 Å². The smallest absolute Gasteiger partial charge is 0.260 e. The lowest BCUT2D eigenvalue weighted by Crippen LogP contribution is -2.52. The summed E-state index contributed by atoms with van der Waals surface area (Å²) < 4.78 is 25.5. The molecular weight excluding hydrogens is 228 g/mol. The van der Waals surface area contributed by atoms with Gasteiger partial charge in [-0.25, -0.2) is 13.4 Å². The van der Waals surface area contributed by atoms with Crippen LogP contribution >= 0.6 is 0 Å². The lowest BCUT2D eigenvalue weighted by molar-refractivity contribution is 0.207. The minimum absolute atomic E-state index is 0.180. The summed E-state index contributed by atoms with van der Waals surface area (Å²) in [5, 5.41) is 0.180. The molecule has 1 fully saturated rings. The predicted molar refractivity (Wildman–Crippen MR) is 59.3 cm³/mol. The minimum Gasteiger partial charge on any atom is -0.332 e. The fourth-order valence-corrected chi connectivity index (χ4v) is 3.19. The monoisotopic (exact) mass is 244 g/mol. The van der Waals surface area contributed by atoms with Crippen molar-refractivity contribution in [2.75, 3.05) is 19.6 Å². The van der Waals surface area contributed by atoms with Crippen LogP contribution in [0.3, 0.4) is 0 Å². The molecule has 0 amide bonds. The molecule has 1 saturated heterocycles. The fraction of sp³-hybridized carbons (Fsp3) is 0.667. The SMILES string of the molecule is CCc1ncc(S(=O)(=O)N2CC(CN)C2)[nH]1. The Balaban J connectivity index is 2.14. The molecule has 2 heterocycles. The summed E-state index contributed by atoms with van der Waals surface area (Å²) in [5.74, 6) is 0.984. The van der Waals surface area contributed by atoms with E-state index in [4.69, 9.17) is 5.73 Å². The molecule has 6 nitrogen and oxygen atoms in total. The number of hydrogen-bond donors (Lipinski definition) is 2. The third kappa shape index (κ3) is 1.85. The summed E-state index contributed by atoms with van der Waals surface area (Å²) in [6.07, 6.45) is 2.07. The Hall–Kier alpha value is -0.920. The number of rotatable bonds is 4. The van der Waals surface area contributed by atoms with E-state index in [0.717, 1.165) is 0 Å². The maximum absolute atomic E-state index is 12.0. The van der Waals surface area contributed by atoms with Gasteiger partial charge in [0, 0.05) is 19.5 Å². The van der Waals surface area contributed by atoms with Crippen molar-refractivity contribution in [3.05, 3.63) is 12.0 Å². The van der Waals surface area contributed by atoms with E-state index < -0.39 is 10.0 Å². The Morgan fingerprint density at radius 3 is 2.81 bits per heavy atom. The van der Waals surface area contributed by atoms with Crippen LogP contribution in [-0.4, -0.2) is 42.3 Å². The molecule has 1 aromatic heterocycles.